The highest BCUT2D eigenvalue weighted by atomic mass is 16.3. The third kappa shape index (κ3) is 5.34. The van der Waals surface area contributed by atoms with E-state index >= 15 is 0 Å². The van der Waals surface area contributed by atoms with Crippen molar-refractivity contribution in [3.63, 3.8) is 0 Å². The molecule has 0 saturated carbocycles. The zero-order valence-electron chi connectivity index (χ0n) is 14.1. The van der Waals surface area contributed by atoms with Crippen LogP contribution < -0.4 is 11.1 Å². The molecule has 1 saturated heterocycles. The fourth-order valence-electron chi connectivity index (χ4n) is 2.70. The summed E-state index contributed by atoms with van der Waals surface area (Å²) >= 11 is 0. The maximum absolute atomic E-state index is 12.4. The predicted octanol–water partition coefficient (Wildman–Crippen LogP) is 0.373. The van der Waals surface area contributed by atoms with Crippen LogP contribution in [0.4, 0.5) is 5.82 Å². The predicted molar refractivity (Wildman–Crippen MR) is 88.6 cm³/mol. The topological polar surface area (TPSA) is 131 Å². The van der Waals surface area contributed by atoms with Gasteiger partial charge in [-0.25, -0.2) is 4.98 Å². The molecular weight excluding hydrogens is 314 g/mol. The van der Waals surface area contributed by atoms with E-state index in [4.69, 9.17) is 15.6 Å². The molecule has 0 radical (unpaired) electrons. The van der Waals surface area contributed by atoms with Crippen LogP contribution in [0.2, 0.25) is 0 Å². The van der Waals surface area contributed by atoms with Crippen molar-refractivity contribution in [2.75, 3.05) is 25.5 Å². The standard InChI is InChI=1S/C14H23N5O2.CH2O2/c1-3-6-19-9-16-11(12(15)20)13(19)17-14(21)10-5-4-7-18(2)8-10;2-1-3/h9-10H,3-8H2,1-2H3,(H2,15,20)(H,17,21);1H,(H,2,3). The molecule has 0 spiro atoms. The van der Waals surface area contributed by atoms with E-state index < -0.39 is 5.91 Å². The summed E-state index contributed by atoms with van der Waals surface area (Å²) in [5.41, 5.74) is 5.45. The number of likely N-dealkylation sites (tertiary alicyclic amines) is 1. The minimum absolute atomic E-state index is 0.0607. The summed E-state index contributed by atoms with van der Waals surface area (Å²) in [6.07, 6.45) is 4.30. The molecule has 0 bridgehead atoms. The number of aromatic nitrogens is 2. The van der Waals surface area contributed by atoms with Gasteiger partial charge in [0.25, 0.3) is 12.4 Å². The summed E-state index contributed by atoms with van der Waals surface area (Å²) in [5, 5.41) is 9.74. The van der Waals surface area contributed by atoms with Crippen molar-refractivity contribution in [3.8, 4) is 0 Å². The smallest absolute Gasteiger partial charge is 0.290 e. The maximum atomic E-state index is 12.4. The zero-order chi connectivity index (χ0) is 18.1. The van der Waals surface area contributed by atoms with Gasteiger partial charge in [-0.2, -0.15) is 0 Å². The maximum Gasteiger partial charge on any atom is 0.290 e. The number of primary amides is 1. The number of hydrogen-bond acceptors (Lipinski definition) is 5. The highest BCUT2D eigenvalue weighted by Crippen LogP contribution is 2.20. The third-order valence-electron chi connectivity index (χ3n) is 3.77. The molecule has 2 amide bonds. The average molecular weight is 339 g/mol. The van der Waals surface area contributed by atoms with Gasteiger partial charge >= 0.3 is 0 Å². The number of carboxylic acid groups (broad SMARTS) is 1. The van der Waals surface area contributed by atoms with E-state index in [0.29, 0.717) is 12.4 Å². The Balaban J connectivity index is 0.000000891. The minimum atomic E-state index is -0.624. The number of anilines is 1. The largest absolute Gasteiger partial charge is 0.483 e. The Morgan fingerprint density at radius 2 is 2.21 bits per heavy atom. The van der Waals surface area contributed by atoms with Gasteiger partial charge in [-0.15, -0.1) is 0 Å². The lowest BCUT2D eigenvalue weighted by molar-refractivity contribution is -0.123. The molecule has 2 rings (SSSR count). The first kappa shape index (κ1) is 19.6. The Morgan fingerprint density at radius 3 is 2.75 bits per heavy atom. The van der Waals surface area contributed by atoms with Gasteiger partial charge in [-0.05, 0) is 32.9 Å². The Bertz CT molecular complexity index is 572. The van der Waals surface area contributed by atoms with Crippen molar-refractivity contribution in [3.05, 3.63) is 12.0 Å². The molecule has 1 unspecified atom stereocenters. The summed E-state index contributed by atoms with van der Waals surface area (Å²) in [7, 11) is 2.01. The second-order valence-electron chi connectivity index (χ2n) is 5.70. The summed E-state index contributed by atoms with van der Waals surface area (Å²) in [6, 6.07) is 0. The van der Waals surface area contributed by atoms with E-state index in [-0.39, 0.29) is 24.0 Å². The Kier molecular flexibility index (Phi) is 7.90. The number of rotatable bonds is 5. The van der Waals surface area contributed by atoms with Crippen molar-refractivity contribution in [2.24, 2.45) is 11.7 Å². The van der Waals surface area contributed by atoms with Gasteiger partial charge in [0.2, 0.25) is 5.91 Å². The van der Waals surface area contributed by atoms with Crippen LogP contribution in [0, 0.1) is 5.92 Å². The van der Waals surface area contributed by atoms with E-state index in [1.54, 1.807) is 10.9 Å². The number of nitrogens with two attached hydrogens (primary N) is 1. The van der Waals surface area contributed by atoms with Crippen molar-refractivity contribution in [2.45, 2.75) is 32.7 Å². The van der Waals surface area contributed by atoms with Crippen molar-refractivity contribution in [1.82, 2.24) is 14.5 Å². The summed E-state index contributed by atoms with van der Waals surface area (Å²) < 4.78 is 1.77. The number of piperidine rings is 1. The molecule has 4 N–H and O–H groups in total. The van der Waals surface area contributed by atoms with Crippen molar-refractivity contribution < 1.29 is 19.5 Å². The van der Waals surface area contributed by atoms with Gasteiger partial charge in [0.1, 0.15) is 5.82 Å². The SMILES string of the molecule is CCCn1cnc(C(N)=O)c1NC(=O)C1CCCN(C)C1.O=CO. The minimum Gasteiger partial charge on any atom is -0.483 e. The summed E-state index contributed by atoms with van der Waals surface area (Å²) in [6.45, 7) is 4.20. The van der Waals surface area contributed by atoms with Crippen LogP contribution in [-0.4, -0.2) is 58.0 Å². The van der Waals surface area contributed by atoms with Crippen LogP contribution in [0.25, 0.3) is 0 Å². The van der Waals surface area contributed by atoms with Crippen LogP contribution >= 0.6 is 0 Å². The molecule has 1 aromatic rings. The van der Waals surface area contributed by atoms with Crippen LogP contribution in [0.3, 0.4) is 0 Å². The van der Waals surface area contributed by atoms with E-state index in [1.807, 2.05) is 14.0 Å². The summed E-state index contributed by atoms with van der Waals surface area (Å²) in [4.78, 5) is 38.4. The molecule has 1 aromatic heterocycles. The molecule has 2 heterocycles. The number of nitrogens with zero attached hydrogens (tertiary/aromatic N) is 3. The molecule has 24 heavy (non-hydrogen) atoms. The van der Waals surface area contributed by atoms with Crippen LogP contribution in [0.15, 0.2) is 6.33 Å². The molecule has 134 valence electrons. The molecule has 1 atom stereocenters. The molecule has 9 nitrogen and oxygen atoms in total. The number of imidazole rings is 1. The normalized spacial score (nSPS) is 17.5. The first-order valence-electron chi connectivity index (χ1n) is 7.86. The Labute approximate surface area is 140 Å². The average Bonchev–Trinajstić information content (AvgIpc) is 2.91. The zero-order valence-corrected chi connectivity index (χ0v) is 14.1. The quantitative estimate of drug-likeness (QED) is 0.665. The van der Waals surface area contributed by atoms with Crippen LogP contribution in [0.5, 0.6) is 0 Å². The molecular formula is C15H25N5O4. The molecule has 1 fully saturated rings. The second kappa shape index (κ2) is 9.66. The monoisotopic (exact) mass is 339 g/mol. The number of amides is 2. The van der Waals surface area contributed by atoms with Gasteiger partial charge in [0.05, 0.1) is 12.2 Å². The van der Waals surface area contributed by atoms with E-state index in [2.05, 4.69) is 15.2 Å². The molecule has 9 heteroatoms. The number of hydrogen-bond donors (Lipinski definition) is 3. The Hall–Kier alpha value is -2.42. The van der Waals surface area contributed by atoms with Crippen LogP contribution in [0.1, 0.15) is 36.7 Å². The van der Waals surface area contributed by atoms with Gasteiger partial charge in [0, 0.05) is 13.1 Å². The molecule has 1 aliphatic heterocycles. The Morgan fingerprint density at radius 1 is 1.54 bits per heavy atom. The lowest BCUT2D eigenvalue weighted by Crippen LogP contribution is -2.39. The third-order valence-corrected chi connectivity index (χ3v) is 3.77. The van der Waals surface area contributed by atoms with Gasteiger partial charge < -0.3 is 25.6 Å². The number of carbonyl (C=O) groups is 3. The first-order valence-corrected chi connectivity index (χ1v) is 7.86. The first-order chi connectivity index (χ1) is 11.4. The van der Waals surface area contributed by atoms with Crippen LogP contribution in [-0.2, 0) is 16.1 Å². The highest BCUT2D eigenvalue weighted by Gasteiger charge is 2.26. The number of carbonyl (C=O) groups excluding carboxylic acids is 2. The number of aryl methyl sites for hydroxylation is 1. The lowest BCUT2D eigenvalue weighted by Gasteiger charge is -2.28. The number of nitrogens with one attached hydrogen (secondary N) is 1. The van der Waals surface area contributed by atoms with Crippen molar-refractivity contribution in [1.29, 1.82) is 0 Å². The van der Waals surface area contributed by atoms with Crippen molar-refractivity contribution >= 4 is 24.1 Å². The van der Waals surface area contributed by atoms with E-state index in [0.717, 1.165) is 32.4 Å². The van der Waals surface area contributed by atoms with Gasteiger partial charge in [-0.1, -0.05) is 6.92 Å². The fraction of sp³-hybridized carbons (Fsp3) is 0.600. The second-order valence-corrected chi connectivity index (χ2v) is 5.70. The van der Waals surface area contributed by atoms with E-state index in [1.165, 1.54) is 0 Å². The van der Waals surface area contributed by atoms with Gasteiger partial charge in [-0.3, -0.25) is 14.4 Å². The van der Waals surface area contributed by atoms with E-state index in [9.17, 15) is 9.59 Å². The highest BCUT2D eigenvalue weighted by molar-refractivity contribution is 6.01. The molecule has 1 aliphatic rings. The molecule has 0 aromatic carbocycles. The van der Waals surface area contributed by atoms with Gasteiger partial charge in [0.15, 0.2) is 5.69 Å². The summed E-state index contributed by atoms with van der Waals surface area (Å²) in [5.74, 6) is -0.333. The molecule has 0 aliphatic carbocycles. The fourth-order valence-corrected chi connectivity index (χ4v) is 2.70. The lowest BCUT2D eigenvalue weighted by atomic mass is 9.97.